The fraction of sp³-hybridized carbons (Fsp3) is 0.929. The minimum absolute atomic E-state index is 0.138. The number of rotatable bonds is 2. The molecule has 0 aromatic carbocycles. The molecule has 120 valence electrons. The van der Waals surface area contributed by atoms with E-state index in [0.29, 0.717) is 6.61 Å². The normalized spacial score (nSPS) is 43.8. The maximum atomic E-state index is 11.5. The van der Waals surface area contributed by atoms with Gasteiger partial charge in [0.1, 0.15) is 18.3 Å². The Hall–Kier alpha value is -0.730. The molecule has 5 atom stereocenters. The van der Waals surface area contributed by atoms with E-state index in [1.165, 1.54) is 6.92 Å². The predicted octanol–water partition coefficient (Wildman–Crippen LogP) is 0.519. The molecule has 21 heavy (non-hydrogen) atoms. The van der Waals surface area contributed by atoms with Crippen LogP contribution in [0.4, 0.5) is 0 Å². The van der Waals surface area contributed by atoms with E-state index in [9.17, 15) is 4.79 Å². The fourth-order valence-corrected chi connectivity index (χ4v) is 3.13. The molecule has 3 heterocycles. The largest absolute Gasteiger partial charge is 0.348 e. The number of hydrogen-bond acceptors (Lipinski definition) is 6. The summed E-state index contributed by atoms with van der Waals surface area (Å²) in [5.41, 5.74) is 0. The van der Waals surface area contributed by atoms with Gasteiger partial charge in [0, 0.05) is 6.92 Å². The van der Waals surface area contributed by atoms with Gasteiger partial charge in [0.2, 0.25) is 5.91 Å². The van der Waals surface area contributed by atoms with E-state index < -0.39 is 17.9 Å². The van der Waals surface area contributed by atoms with Crippen LogP contribution < -0.4 is 5.32 Å². The molecule has 3 aliphatic rings. The molecule has 3 fully saturated rings. The van der Waals surface area contributed by atoms with E-state index in [2.05, 4.69) is 5.32 Å². The highest BCUT2D eigenvalue weighted by Gasteiger charge is 2.58. The summed E-state index contributed by atoms with van der Waals surface area (Å²) >= 11 is 0. The molecule has 0 radical (unpaired) electrons. The summed E-state index contributed by atoms with van der Waals surface area (Å²) in [4.78, 5) is 11.5. The Morgan fingerprint density at radius 2 is 1.76 bits per heavy atom. The first-order chi connectivity index (χ1) is 9.67. The molecule has 7 nitrogen and oxygen atoms in total. The quantitative estimate of drug-likeness (QED) is 0.801. The van der Waals surface area contributed by atoms with Crippen molar-refractivity contribution < 1.29 is 28.5 Å². The number of carbonyl (C=O) groups excluding carboxylic acids is 1. The minimum atomic E-state index is -0.719. The lowest BCUT2D eigenvalue weighted by atomic mass is 10.0. The molecule has 1 N–H and O–H groups in total. The van der Waals surface area contributed by atoms with Crippen LogP contribution in [0.3, 0.4) is 0 Å². The van der Waals surface area contributed by atoms with Gasteiger partial charge in [-0.15, -0.1) is 0 Å². The molecule has 0 spiro atoms. The van der Waals surface area contributed by atoms with E-state index in [1.807, 2.05) is 27.7 Å². The monoisotopic (exact) mass is 301 g/mol. The Labute approximate surface area is 124 Å². The third-order valence-corrected chi connectivity index (χ3v) is 3.85. The lowest BCUT2D eigenvalue weighted by Crippen LogP contribution is -2.52. The number of hydrogen-bond donors (Lipinski definition) is 1. The number of fused-ring (bicyclic) bond motifs is 1. The maximum Gasteiger partial charge on any atom is 0.217 e. The Bertz CT molecular complexity index is 437. The van der Waals surface area contributed by atoms with Crippen molar-refractivity contribution in [2.45, 2.75) is 76.8 Å². The smallest absolute Gasteiger partial charge is 0.217 e. The predicted molar refractivity (Wildman–Crippen MR) is 71.2 cm³/mol. The van der Waals surface area contributed by atoms with Crippen molar-refractivity contribution in [2.24, 2.45) is 0 Å². The van der Waals surface area contributed by atoms with Gasteiger partial charge in [-0.1, -0.05) is 0 Å². The van der Waals surface area contributed by atoms with Gasteiger partial charge in [-0.05, 0) is 27.7 Å². The fourth-order valence-electron chi connectivity index (χ4n) is 3.13. The summed E-state index contributed by atoms with van der Waals surface area (Å²) in [5, 5.41) is 2.90. The van der Waals surface area contributed by atoms with E-state index in [0.717, 1.165) is 0 Å². The molecule has 1 amide bonds. The van der Waals surface area contributed by atoms with E-state index in [4.69, 9.17) is 23.7 Å². The molecule has 3 rings (SSSR count). The number of ether oxygens (including phenoxy) is 5. The maximum absolute atomic E-state index is 11.5. The lowest BCUT2D eigenvalue weighted by Gasteiger charge is -2.29. The van der Waals surface area contributed by atoms with Crippen molar-refractivity contribution in [3.8, 4) is 0 Å². The molecule has 3 saturated heterocycles. The standard InChI is InChI=1S/C14H23NO6/c1-7(16)15-9-10(8-6-17-13(2,3)19-8)18-12-11(9)20-14(4,5)21-12/h8-12H,6H2,1-5H3,(H,15,16)/t8-,9+,10-,11-,12-/m1/s1. The SMILES string of the molecule is CC(=O)N[C@@H]1[C@H]2OC(C)(C)O[C@H]2O[C@@H]1[C@H]1COC(C)(C)O1. The van der Waals surface area contributed by atoms with Crippen molar-refractivity contribution in [3.05, 3.63) is 0 Å². The summed E-state index contributed by atoms with van der Waals surface area (Å²) in [5.74, 6) is -1.50. The molecule has 0 aromatic rings. The van der Waals surface area contributed by atoms with Crippen LogP contribution in [0.25, 0.3) is 0 Å². The first kappa shape index (κ1) is 15.2. The summed E-state index contributed by atoms with van der Waals surface area (Å²) in [7, 11) is 0. The van der Waals surface area contributed by atoms with E-state index in [-0.39, 0.29) is 30.3 Å². The van der Waals surface area contributed by atoms with Gasteiger partial charge in [0.15, 0.2) is 17.9 Å². The number of nitrogens with one attached hydrogen (secondary N) is 1. The van der Waals surface area contributed by atoms with Gasteiger partial charge in [-0.3, -0.25) is 4.79 Å². The van der Waals surface area contributed by atoms with Crippen LogP contribution in [-0.2, 0) is 28.5 Å². The average Bonchev–Trinajstić information content (AvgIpc) is 2.90. The lowest BCUT2D eigenvalue weighted by molar-refractivity contribution is -0.223. The summed E-state index contributed by atoms with van der Waals surface area (Å²) < 4.78 is 29.0. The molecule has 0 saturated carbocycles. The summed E-state index contributed by atoms with van der Waals surface area (Å²) in [6.07, 6.45) is -1.48. The molecular weight excluding hydrogens is 278 g/mol. The van der Waals surface area contributed by atoms with Crippen LogP contribution in [0, 0.1) is 0 Å². The number of carbonyl (C=O) groups is 1. The Morgan fingerprint density at radius 1 is 1.05 bits per heavy atom. The van der Waals surface area contributed by atoms with Crippen molar-refractivity contribution in [1.29, 1.82) is 0 Å². The van der Waals surface area contributed by atoms with Crippen LogP contribution in [0.2, 0.25) is 0 Å². The first-order valence-electron chi connectivity index (χ1n) is 7.27. The Kier molecular flexibility index (Phi) is 3.53. The third-order valence-electron chi connectivity index (χ3n) is 3.85. The molecule has 3 aliphatic heterocycles. The zero-order valence-corrected chi connectivity index (χ0v) is 13.0. The van der Waals surface area contributed by atoms with Crippen LogP contribution >= 0.6 is 0 Å². The second kappa shape index (κ2) is 4.89. The minimum Gasteiger partial charge on any atom is -0.348 e. The average molecular weight is 301 g/mol. The van der Waals surface area contributed by atoms with Gasteiger partial charge in [-0.25, -0.2) is 0 Å². The van der Waals surface area contributed by atoms with Crippen LogP contribution in [-0.4, -0.2) is 54.7 Å². The second-order valence-corrected chi connectivity index (χ2v) is 6.66. The van der Waals surface area contributed by atoms with Crippen molar-refractivity contribution >= 4 is 5.91 Å². The highest BCUT2D eigenvalue weighted by Crippen LogP contribution is 2.40. The molecule has 0 aliphatic carbocycles. The topological polar surface area (TPSA) is 75.3 Å². The zero-order chi connectivity index (χ0) is 15.4. The molecule has 0 bridgehead atoms. The van der Waals surface area contributed by atoms with Crippen LogP contribution in [0.1, 0.15) is 34.6 Å². The Balaban J connectivity index is 1.77. The van der Waals surface area contributed by atoms with Gasteiger partial charge in [0.05, 0.1) is 12.6 Å². The van der Waals surface area contributed by atoms with Crippen molar-refractivity contribution in [3.63, 3.8) is 0 Å². The summed E-state index contributed by atoms with van der Waals surface area (Å²) in [6, 6.07) is -0.322. The van der Waals surface area contributed by atoms with Gasteiger partial charge in [-0.2, -0.15) is 0 Å². The molecule has 0 unspecified atom stereocenters. The van der Waals surface area contributed by atoms with Gasteiger partial charge >= 0.3 is 0 Å². The molecule has 0 aromatic heterocycles. The summed E-state index contributed by atoms with van der Waals surface area (Å²) in [6.45, 7) is 9.25. The van der Waals surface area contributed by atoms with E-state index >= 15 is 0 Å². The molecular formula is C14H23NO6. The van der Waals surface area contributed by atoms with Crippen molar-refractivity contribution in [2.75, 3.05) is 6.61 Å². The Morgan fingerprint density at radius 3 is 2.33 bits per heavy atom. The second-order valence-electron chi connectivity index (χ2n) is 6.66. The molecule has 7 heteroatoms. The zero-order valence-electron chi connectivity index (χ0n) is 13.0. The van der Waals surface area contributed by atoms with Crippen LogP contribution in [0.15, 0.2) is 0 Å². The van der Waals surface area contributed by atoms with Crippen LogP contribution in [0.5, 0.6) is 0 Å². The highest BCUT2D eigenvalue weighted by atomic mass is 16.8. The van der Waals surface area contributed by atoms with Gasteiger partial charge < -0.3 is 29.0 Å². The first-order valence-corrected chi connectivity index (χ1v) is 7.27. The van der Waals surface area contributed by atoms with Gasteiger partial charge in [0.25, 0.3) is 0 Å². The number of amides is 1. The van der Waals surface area contributed by atoms with E-state index in [1.54, 1.807) is 0 Å². The van der Waals surface area contributed by atoms with Crippen molar-refractivity contribution in [1.82, 2.24) is 5.32 Å². The highest BCUT2D eigenvalue weighted by molar-refractivity contribution is 5.73. The third kappa shape index (κ3) is 2.93.